The van der Waals surface area contributed by atoms with Gasteiger partial charge in [0, 0.05) is 39.9 Å². The van der Waals surface area contributed by atoms with Crippen molar-refractivity contribution in [3.05, 3.63) is 87.4 Å². The fourth-order valence-corrected chi connectivity index (χ4v) is 9.89. The van der Waals surface area contributed by atoms with Crippen molar-refractivity contribution in [1.29, 1.82) is 0 Å². The number of nitro benzene ring substituents is 1. The van der Waals surface area contributed by atoms with Gasteiger partial charge in [0.05, 0.1) is 86.1 Å². The van der Waals surface area contributed by atoms with Gasteiger partial charge in [-0.15, -0.1) is 0 Å². The van der Waals surface area contributed by atoms with Crippen LogP contribution in [-0.4, -0.2) is 91.4 Å². The number of benzene rings is 3. The van der Waals surface area contributed by atoms with Crippen LogP contribution in [0.2, 0.25) is 54.4 Å². The highest BCUT2D eigenvalue weighted by molar-refractivity contribution is 6.74. The lowest BCUT2D eigenvalue weighted by molar-refractivity contribution is -0.385. The summed E-state index contributed by atoms with van der Waals surface area (Å²) in [5, 5.41) is 28.2. The summed E-state index contributed by atoms with van der Waals surface area (Å²) in [5.74, 6) is 0.0507. The van der Waals surface area contributed by atoms with E-state index in [9.17, 15) is 14.9 Å². The Morgan fingerprint density at radius 1 is 0.594 bits per heavy atom. The summed E-state index contributed by atoms with van der Waals surface area (Å²) in [7, 11) is -5.24. The summed E-state index contributed by atoms with van der Waals surface area (Å²) in [4.78, 5) is 22.5. The number of nitrogens with zero attached hydrogens (tertiary/aromatic N) is 7. The predicted octanol–water partition coefficient (Wildman–Crippen LogP) is 11.7. The van der Waals surface area contributed by atoms with E-state index in [4.69, 9.17) is 24.7 Å². The number of anilines is 1. The van der Waals surface area contributed by atoms with Crippen LogP contribution in [0.15, 0.2) is 55.0 Å². The first kappa shape index (κ1) is 57.0. The summed E-state index contributed by atoms with van der Waals surface area (Å²) < 4.78 is 24.4. The number of nitrogens with two attached hydrogens (primary N) is 2. The third kappa shape index (κ3) is 14.5. The topological polar surface area (TPSA) is 193 Å². The number of hydrogen-bond acceptors (Lipinski definition) is 11. The van der Waals surface area contributed by atoms with Gasteiger partial charge >= 0.3 is 0 Å². The molecular formula is C51H83N9O6Si3. The molecule has 6 aromatic rings. The van der Waals surface area contributed by atoms with Crippen molar-refractivity contribution in [2.45, 2.75) is 164 Å². The molecular weight excluding hydrogens is 919 g/mol. The third-order valence-corrected chi connectivity index (χ3v) is 28.2. The molecule has 0 fully saturated rings. The molecule has 0 aliphatic rings. The van der Waals surface area contributed by atoms with E-state index in [0.29, 0.717) is 44.9 Å². The minimum atomic E-state index is -1.79. The highest BCUT2D eigenvalue weighted by Gasteiger charge is 2.38. The van der Waals surface area contributed by atoms with E-state index in [1.54, 1.807) is 23.9 Å². The molecule has 3 heterocycles. The lowest BCUT2D eigenvalue weighted by Crippen LogP contribution is -2.41. The molecule has 3 aromatic carbocycles. The fraction of sp³-hybridized carbons (Fsp3) is 0.569. The number of Topliss-reactive ketones (excluding diaryl/α,β-unsaturated/α-hetero) is 1. The van der Waals surface area contributed by atoms with E-state index >= 15 is 0 Å². The Bertz CT molecular complexity index is 2720. The van der Waals surface area contributed by atoms with Crippen molar-refractivity contribution >= 4 is 74.8 Å². The van der Waals surface area contributed by atoms with Gasteiger partial charge < -0.3 is 24.7 Å². The maximum Gasteiger partial charge on any atom is 0.274 e. The Hall–Kier alpha value is -4.57. The molecule has 0 saturated carbocycles. The smallest absolute Gasteiger partial charge is 0.274 e. The number of aryl methyl sites for hydroxylation is 3. The molecule has 0 bridgehead atoms. The average molecular weight is 1000 g/mol. The molecule has 0 aliphatic heterocycles. The predicted molar refractivity (Wildman–Crippen MR) is 292 cm³/mol. The Morgan fingerprint density at radius 2 is 0.942 bits per heavy atom. The molecule has 6 rings (SSSR count). The zero-order chi connectivity index (χ0) is 52.1. The van der Waals surface area contributed by atoms with E-state index in [2.05, 4.69) is 135 Å². The van der Waals surface area contributed by atoms with Gasteiger partial charge in [-0.25, -0.2) is 0 Å². The molecule has 380 valence electrons. The molecule has 18 heteroatoms. The highest BCUT2D eigenvalue weighted by atomic mass is 28.4. The van der Waals surface area contributed by atoms with E-state index in [0.717, 1.165) is 61.6 Å². The second-order valence-electron chi connectivity index (χ2n) is 22.9. The number of ketones is 1. The molecule has 0 spiro atoms. The molecule has 0 aliphatic carbocycles. The van der Waals surface area contributed by atoms with E-state index in [-0.39, 0.29) is 38.1 Å². The van der Waals surface area contributed by atoms with E-state index in [1.165, 1.54) is 0 Å². The van der Waals surface area contributed by atoms with Crippen LogP contribution < -0.4 is 11.5 Å². The number of carbonyl (C=O) groups excluding carboxylic acids is 1. The number of carbonyl (C=O) groups is 1. The van der Waals surface area contributed by atoms with Crippen LogP contribution in [0.25, 0.3) is 32.7 Å². The monoisotopic (exact) mass is 1000 g/mol. The van der Waals surface area contributed by atoms with Gasteiger partial charge in [-0.2, -0.15) is 15.3 Å². The molecule has 4 N–H and O–H groups in total. The third-order valence-electron chi connectivity index (χ3n) is 14.6. The fourth-order valence-electron chi connectivity index (χ4n) is 6.79. The lowest BCUT2D eigenvalue weighted by Gasteiger charge is -2.36. The van der Waals surface area contributed by atoms with Crippen molar-refractivity contribution in [3.63, 3.8) is 0 Å². The molecule has 0 unspecified atom stereocenters. The summed E-state index contributed by atoms with van der Waals surface area (Å²) in [6.07, 6.45) is 5.90. The number of fused-ring (bicyclic) bond motifs is 3. The molecule has 15 nitrogen and oxygen atoms in total. The summed E-state index contributed by atoms with van der Waals surface area (Å²) in [6, 6.07) is 11.7. The summed E-state index contributed by atoms with van der Waals surface area (Å²) >= 11 is 0. The van der Waals surface area contributed by atoms with Crippen LogP contribution in [-0.2, 0) is 44.1 Å². The molecule has 69 heavy (non-hydrogen) atoms. The zero-order valence-electron chi connectivity index (χ0n) is 45.1. The van der Waals surface area contributed by atoms with Crippen LogP contribution in [0.4, 0.5) is 11.4 Å². The Labute approximate surface area is 414 Å². The van der Waals surface area contributed by atoms with Crippen LogP contribution in [0.5, 0.6) is 0 Å². The minimum Gasteiger partial charge on any atom is -0.415 e. The second kappa shape index (κ2) is 22.2. The first-order chi connectivity index (χ1) is 31.7. The molecule has 3 aromatic heterocycles. The standard InChI is InChI=1S/C19H31N3O2Si.C16H25N3O3Si.C16H27N3OSi/c1-14-9-16-13-21-22(7-8-24-25(5,6)19(2,3)4)18(16)11-15(14)10-17(23)12-20;1-12-9-13-11-17-18(15(13)10-14(12)19(20)21)7-8-22-23(5,6)16(2,3)4;1-12-9-13-11-18-19(15(13)10-14(12)17)7-8-20-21(5,6)16(2,3)4/h9,11,13H,7-8,10,12,20H2,1-6H3;9-11H,7-8H2,1-6H3;9-11H,7-8,17H2,1-6H3. The van der Waals surface area contributed by atoms with Crippen molar-refractivity contribution in [2.24, 2.45) is 5.73 Å². The Balaban J connectivity index is 0.000000226. The van der Waals surface area contributed by atoms with Gasteiger partial charge in [-0.1, -0.05) is 62.3 Å². The van der Waals surface area contributed by atoms with E-state index < -0.39 is 25.0 Å². The number of rotatable bonds is 16. The van der Waals surface area contributed by atoms with Gasteiger partial charge in [0.2, 0.25) is 0 Å². The normalized spacial score (nSPS) is 12.9. The van der Waals surface area contributed by atoms with Crippen LogP contribution in [0.1, 0.15) is 84.6 Å². The highest BCUT2D eigenvalue weighted by Crippen LogP contribution is 2.38. The number of nitrogen functional groups attached to an aromatic ring is 1. The van der Waals surface area contributed by atoms with Crippen LogP contribution in [0, 0.1) is 30.9 Å². The quantitative estimate of drug-likeness (QED) is 0.0405. The van der Waals surface area contributed by atoms with Crippen LogP contribution in [0.3, 0.4) is 0 Å². The molecule has 0 saturated heterocycles. The maximum absolute atomic E-state index is 11.7. The average Bonchev–Trinajstić information content (AvgIpc) is 3.93. The Kier molecular flexibility index (Phi) is 18.4. The summed E-state index contributed by atoms with van der Waals surface area (Å²) in [5.41, 5.74) is 19.2. The Morgan fingerprint density at radius 3 is 1.30 bits per heavy atom. The molecule has 0 amide bonds. The number of nitro groups is 1. The van der Waals surface area contributed by atoms with Crippen molar-refractivity contribution in [2.75, 3.05) is 32.1 Å². The van der Waals surface area contributed by atoms with Gasteiger partial charge in [0.1, 0.15) is 0 Å². The van der Waals surface area contributed by atoms with Gasteiger partial charge in [0.25, 0.3) is 5.69 Å². The van der Waals surface area contributed by atoms with E-state index in [1.807, 2.05) is 47.7 Å². The first-order valence-corrected chi connectivity index (χ1v) is 32.8. The largest absolute Gasteiger partial charge is 0.415 e. The molecule has 0 atom stereocenters. The minimum absolute atomic E-state index is 0.0507. The van der Waals surface area contributed by atoms with Crippen LogP contribution >= 0.6 is 0 Å². The molecule has 0 radical (unpaired) electrons. The first-order valence-electron chi connectivity index (χ1n) is 24.1. The maximum atomic E-state index is 11.7. The van der Waals surface area contributed by atoms with Crippen molar-refractivity contribution in [3.8, 4) is 0 Å². The van der Waals surface area contributed by atoms with Crippen molar-refractivity contribution < 1.29 is 23.0 Å². The lowest BCUT2D eigenvalue weighted by atomic mass is 10.0. The van der Waals surface area contributed by atoms with Gasteiger partial charge in [0.15, 0.2) is 30.7 Å². The number of aromatic nitrogens is 6. The van der Waals surface area contributed by atoms with Crippen molar-refractivity contribution in [1.82, 2.24) is 29.3 Å². The van der Waals surface area contributed by atoms with Gasteiger partial charge in [-0.3, -0.25) is 29.0 Å². The number of hydrogen-bond donors (Lipinski definition) is 2. The zero-order valence-corrected chi connectivity index (χ0v) is 48.1. The SMILES string of the molecule is Cc1cc2cnn(CCO[Si](C)(C)C(C)(C)C)c2cc1CC(=O)CN.Cc1cc2cnn(CCO[Si](C)(C)C(C)(C)C)c2cc1N.Cc1cc2cnn(CCO[Si](C)(C)C(C)(C)C)c2cc1[N+](=O)[O-]. The second-order valence-corrected chi connectivity index (χ2v) is 37.3. The summed E-state index contributed by atoms with van der Waals surface area (Å²) in [6.45, 7) is 43.4. The van der Waals surface area contributed by atoms with Gasteiger partial charge in [-0.05, 0) is 122 Å².